The summed E-state index contributed by atoms with van der Waals surface area (Å²) in [5.74, 6) is -2.21. The van der Waals surface area contributed by atoms with E-state index in [0.29, 0.717) is 11.6 Å². The Balaban J connectivity index is 2.04. The smallest absolute Gasteiger partial charge is 0.163 e. The topological polar surface area (TPSA) is 29.9 Å². The lowest BCUT2D eigenvalue weighted by Crippen LogP contribution is -1.97. The summed E-state index contributed by atoms with van der Waals surface area (Å²) in [6.07, 6.45) is 1.00. The van der Waals surface area contributed by atoms with Crippen LogP contribution in [0.5, 0.6) is 0 Å². The molecule has 0 aliphatic heterocycles. The highest BCUT2D eigenvalue weighted by molar-refractivity contribution is 6.33. The number of halogens is 5. The van der Waals surface area contributed by atoms with Gasteiger partial charge in [-0.3, -0.25) is 0 Å². The van der Waals surface area contributed by atoms with E-state index in [0.717, 1.165) is 30.5 Å². The molecule has 0 bridgehead atoms. The molecule has 2 aromatic carbocycles. The van der Waals surface area contributed by atoms with E-state index in [1.165, 1.54) is 6.07 Å². The van der Waals surface area contributed by atoms with Gasteiger partial charge in [0.15, 0.2) is 5.82 Å². The van der Waals surface area contributed by atoms with Crippen LogP contribution < -0.4 is 5.32 Å². The van der Waals surface area contributed by atoms with Crippen LogP contribution in [-0.2, 0) is 0 Å². The summed E-state index contributed by atoms with van der Waals surface area (Å²) in [7, 11) is 0. The van der Waals surface area contributed by atoms with Crippen molar-refractivity contribution in [2.45, 2.75) is 0 Å². The first-order valence-electron chi connectivity index (χ1n) is 6.37. The van der Waals surface area contributed by atoms with Crippen molar-refractivity contribution < 1.29 is 17.7 Å². The molecule has 1 aromatic heterocycles. The van der Waals surface area contributed by atoms with Gasteiger partial charge in [0, 0.05) is 17.2 Å². The first kappa shape index (κ1) is 15.4. The summed E-state index contributed by atoms with van der Waals surface area (Å²) in [6.45, 7) is 0. The van der Waals surface area contributed by atoms with E-state index >= 15 is 0 Å². The molecule has 0 aliphatic rings. The van der Waals surface area contributed by atoms with Gasteiger partial charge in [0.2, 0.25) is 0 Å². The van der Waals surface area contributed by atoms with Crippen LogP contribution >= 0.6 is 11.6 Å². The van der Waals surface area contributed by atoms with Crippen molar-refractivity contribution in [3.8, 4) is 11.1 Å². The Morgan fingerprint density at radius 1 is 0.957 bits per heavy atom. The zero-order valence-corrected chi connectivity index (χ0v) is 12.1. The Kier molecular flexibility index (Phi) is 3.96. The number of nitrogens with zero attached hydrogens (tertiary/aromatic N) is 2. The monoisotopic (exact) mass is 341 g/mol. The summed E-state index contributed by atoms with van der Waals surface area (Å²) < 4.78 is 53.2. The van der Waals surface area contributed by atoms with E-state index in [-0.39, 0.29) is 27.0 Å². The number of hydrogen-bond acceptors (Lipinski definition) is 2. The van der Waals surface area contributed by atoms with Gasteiger partial charge in [0.1, 0.15) is 17.5 Å². The third-order valence-electron chi connectivity index (χ3n) is 3.09. The van der Waals surface area contributed by atoms with Gasteiger partial charge >= 0.3 is 0 Å². The fraction of sp³-hybridized carbons (Fsp3) is 0. The third-order valence-corrected chi connectivity index (χ3v) is 3.40. The van der Waals surface area contributed by atoms with Crippen molar-refractivity contribution in [3.05, 3.63) is 65.1 Å². The molecule has 0 spiro atoms. The highest BCUT2D eigenvalue weighted by Crippen LogP contribution is 2.35. The highest BCUT2D eigenvalue weighted by atomic mass is 35.5. The maximum absolute atomic E-state index is 13.7. The van der Waals surface area contributed by atoms with Crippen LogP contribution in [0.15, 0.2) is 42.6 Å². The summed E-state index contributed by atoms with van der Waals surface area (Å²) in [5, 5.41) is 6.14. The second kappa shape index (κ2) is 5.92. The summed E-state index contributed by atoms with van der Waals surface area (Å²) >= 11 is 5.95. The average Bonchev–Trinajstić information content (AvgIpc) is 2.82. The molecule has 3 rings (SSSR count). The maximum atomic E-state index is 13.7. The lowest BCUT2D eigenvalue weighted by atomic mass is 10.1. The highest BCUT2D eigenvalue weighted by Gasteiger charge is 2.16. The van der Waals surface area contributed by atoms with E-state index in [9.17, 15) is 17.7 Å². The first-order valence-corrected chi connectivity index (χ1v) is 6.75. The van der Waals surface area contributed by atoms with E-state index < -0.39 is 17.5 Å². The molecule has 0 amide bonds. The van der Waals surface area contributed by atoms with E-state index in [1.54, 1.807) is 0 Å². The van der Waals surface area contributed by atoms with Crippen LogP contribution in [0, 0.1) is 17.5 Å². The van der Waals surface area contributed by atoms with Crippen molar-refractivity contribution >= 4 is 23.1 Å². The van der Waals surface area contributed by atoms with Crippen LogP contribution in [0.3, 0.4) is 0 Å². The molecule has 1 heterocycles. The molecule has 0 saturated heterocycles. The van der Waals surface area contributed by atoms with Crippen molar-refractivity contribution in [3.63, 3.8) is 0 Å². The molecule has 8 heteroatoms. The normalized spacial score (nSPS) is 10.8. The Bertz CT molecular complexity index is 879. The van der Waals surface area contributed by atoms with Gasteiger partial charge in [0.25, 0.3) is 0 Å². The van der Waals surface area contributed by atoms with E-state index in [4.69, 9.17) is 11.6 Å². The van der Waals surface area contributed by atoms with Gasteiger partial charge in [-0.15, -0.1) is 10.0 Å². The number of aromatic nitrogens is 2. The van der Waals surface area contributed by atoms with E-state index in [2.05, 4.69) is 10.4 Å². The van der Waals surface area contributed by atoms with Crippen LogP contribution in [0.4, 0.5) is 29.2 Å². The quantitative estimate of drug-likeness (QED) is 0.672. The Hall–Kier alpha value is -2.54. The predicted octanol–water partition coefficient (Wildman–Crippen LogP) is 5.10. The Labute approximate surface area is 133 Å². The molecule has 0 aliphatic carbocycles. The predicted molar refractivity (Wildman–Crippen MR) is 78.8 cm³/mol. The fourth-order valence-electron chi connectivity index (χ4n) is 2.06. The summed E-state index contributed by atoms with van der Waals surface area (Å²) in [6, 6.07) is 6.44. The second-order valence-electron chi connectivity index (χ2n) is 4.65. The molecule has 0 atom stereocenters. The summed E-state index contributed by atoms with van der Waals surface area (Å²) in [5.41, 5.74) is 0.410. The Morgan fingerprint density at radius 3 is 2.35 bits per heavy atom. The molecule has 0 radical (unpaired) electrons. The molecule has 23 heavy (non-hydrogen) atoms. The van der Waals surface area contributed by atoms with E-state index in [1.807, 2.05) is 0 Å². The minimum absolute atomic E-state index is 0.0127. The lowest BCUT2D eigenvalue weighted by Gasteiger charge is -2.08. The van der Waals surface area contributed by atoms with Gasteiger partial charge in [-0.2, -0.15) is 0 Å². The first-order chi connectivity index (χ1) is 10.9. The van der Waals surface area contributed by atoms with Gasteiger partial charge < -0.3 is 5.32 Å². The number of hydrogen-bond donors (Lipinski definition) is 1. The van der Waals surface area contributed by atoms with Crippen molar-refractivity contribution in [2.24, 2.45) is 0 Å². The number of anilines is 2. The van der Waals surface area contributed by atoms with Crippen LogP contribution in [0.25, 0.3) is 11.1 Å². The van der Waals surface area contributed by atoms with Crippen molar-refractivity contribution in [2.75, 3.05) is 5.32 Å². The van der Waals surface area contributed by atoms with Crippen molar-refractivity contribution in [1.82, 2.24) is 10.0 Å². The maximum Gasteiger partial charge on any atom is 0.163 e. The molecule has 3 aromatic rings. The number of rotatable bonds is 3. The van der Waals surface area contributed by atoms with Crippen LogP contribution in [0.1, 0.15) is 0 Å². The molecule has 0 saturated carbocycles. The molecule has 118 valence electrons. The minimum Gasteiger partial charge on any atom is -0.336 e. The zero-order valence-electron chi connectivity index (χ0n) is 11.3. The molecule has 1 N–H and O–H groups in total. The second-order valence-corrected chi connectivity index (χ2v) is 5.06. The number of benzene rings is 2. The lowest BCUT2D eigenvalue weighted by molar-refractivity contribution is 0.318. The van der Waals surface area contributed by atoms with Gasteiger partial charge in [-0.05, 0) is 30.3 Å². The average molecular weight is 342 g/mol. The van der Waals surface area contributed by atoms with Gasteiger partial charge in [-0.1, -0.05) is 16.1 Å². The van der Waals surface area contributed by atoms with Gasteiger partial charge in [-0.25, -0.2) is 13.2 Å². The van der Waals surface area contributed by atoms with Crippen LogP contribution in [0.2, 0.25) is 5.02 Å². The molecule has 0 fully saturated rings. The standard InChI is InChI=1S/C15H8ClF4N3/c16-12-5-8(17)1-3-10(12)11-7-23(20)22-15(11)21-14-4-2-9(18)6-13(14)19/h1-7H,(H,21,22). The largest absolute Gasteiger partial charge is 0.336 e. The zero-order chi connectivity index (χ0) is 16.6. The molecule has 0 unspecified atom stereocenters. The molecule has 3 nitrogen and oxygen atoms in total. The molecular formula is C15H8ClF4N3. The van der Waals surface area contributed by atoms with Gasteiger partial charge in [0.05, 0.1) is 16.9 Å². The summed E-state index contributed by atoms with van der Waals surface area (Å²) in [4.78, 5) is 0.0127. The molecular weight excluding hydrogens is 334 g/mol. The fourth-order valence-corrected chi connectivity index (χ4v) is 2.33. The number of nitrogens with one attached hydrogen (secondary N) is 1. The van der Waals surface area contributed by atoms with Crippen LogP contribution in [-0.4, -0.2) is 10.0 Å². The third kappa shape index (κ3) is 3.14. The minimum atomic E-state index is -0.866. The Morgan fingerprint density at radius 2 is 1.65 bits per heavy atom. The van der Waals surface area contributed by atoms with Crippen molar-refractivity contribution in [1.29, 1.82) is 0 Å². The SMILES string of the molecule is Fc1ccc(Nc2nn(F)cc2-c2ccc(F)cc2Cl)c(F)c1.